The normalized spacial score (nSPS) is 15.8. The van der Waals surface area contributed by atoms with E-state index < -0.39 is 5.97 Å². The van der Waals surface area contributed by atoms with Crippen LogP contribution in [0.2, 0.25) is 0 Å². The maximum absolute atomic E-state index is 11.6. The Morgan fingerprint density at radius 2 is 2.20 bits per heavy atom. The van der Waals surface area contributed by atoms with Crippen LogP contribution >= 0.6 is 0 Å². The van der Waals surface area contributed by atoms with Gasteiger partial charge in [-0.2, -0.15) is 0 Å². The zero-order chi connectivity index (χ0) is 14.4. The van der Waals surface area contributed by atoms with Crippen molar-refractivity contribution >= 4 is 17.3 Å². The number of benzene rings is 1. The van der Waals surface area contributed by atoms with Crippen LogP contribution in [0.1, 0.15) is 10.4 Å². The molecule has 1 aromatic rings. The second-order valence-electron chi connectivity index (χ2n) is 4.67. The summed E-state index contributed by atoms with van der Waals surface area (Å²) in [5.41, 5.74) is 7.45. The van der Waals surface area contributed by atoms with E-state index in [1.165, 1.54) is 7.11 Å². The summed E-state index contributed by atoms with van der Waals surface area (Å²) >= 11 is 0. The standard InChI is InChI=1S/C14H21N3O3/c1-19-14(18)12-10-11(2-3-13(12)15)16-4-5-17-6-8-20-9-7-17/h2-3,10,16H,4-9,15H2,1H3. The molecule has 0 amide bonds. The first-order valence-corrected chi connectivity index (χ1v) is 6.72. The zero-order valence-corrected chi connectivity index (χ0v) is 11.7. The number of carbonyl (C=O) groups is 1. The fourth-order valence-electron chi connectivity index (χ4n) is 2.14. The molecule has 0 bridgehead atoms. The lowest BCUT2D eigenvalue weighted by Gasteiger charge is -2.26. The summed E-state index contributed by atoms with van der Waals surface area (Å²) in [6.07, 6.45) is 0. The first kappa shape index (κ1) is 14.6. The molecule has 1 aliphatic rings. The summed E-state index contributed by atoms with van der Waals surface area (Å²) in [5.74, 6) is -0.417. The van der Waals surface area contributed by atoms with Crippen LogP contribution < -0.4 is 11.1 Å². The SMILES string of the molecule is COC(=O)c1cc(NCCN2CCOCC2)ccc1N. The lowest BCUT2D eigenvalue weighted by Crippen LogP contribution is -2.39. The van der Waals surface area contributed by atoms with E-state index in [9.17, 15) is 4.79 Å². The van der Waals surface area contributed by atoms with E-state index in [0.29, 0.717) is 11.3 Å². The van der Waals surface area contributed by atoms with Crippen LogP contribution in [0.15, 0.2) is 18.2 Å². The largest absolute Gasteiger partial charge is 0.465 e. The van der Waals surface area contributed by atoms with Crippen LogP contribution in [-0.4, -0.2) is 57.4 Å². The van der Waals surface area contributed by atoms with Crippen molar-refractivity contribution < 1.29 is 14.3 Å². The molecule has 6 heteroatoms. The molecule has 1 fully saturated rings. The smallest absolute Gasteiger partial charge is 0.340 e. The van der Waals surface area contributed by atoms with E-state index in [4.69, 9.17) is 15.2 Å². The first-order chi connectivity index (χ1) is 9.70. The molecule has 1 aromatic carbocycles. The minimum Gasteiger partial charge on any atom is -0.465 e. The van der Waals surface area contributed by atoms with Gasteiger partial charge in [-0.15, -0.1) is 0 Å². The summed E-state index contributed by atoms with van der Waals surface area (Å²) in [7, 11) is 1.35. The summed E-state index contributed by atoms with van der Waals surface area (Å²) in [5, 5.41) is 3.29. The highest BCUT2D eigenvalue weighted by Crippen LogP contribution is 2.18. The highest BCUT2D eigenvalue weighted by Gasteiger charge is 2.12. The highest BCUT2D eigenvalue weighted by atomic mass is 16.5. The molecule has 0 spiro atoms. The highest BCUT2D eigenvalue weighted by molar-refractivity contribution is 5.96. The van der Waals surface area contributed by atoms with Crippen LogP contribution in [0.3, 0.4) is 0 Å². The summed E-state index contributed by atoms with van der Waals surface area (Å²) in [4.78, 5) is 13.9. The summed E-state index contributed by atoms with van der Waals surface area (Å²) in [6, 6.07) is 5.30. The molecular formula is C14H21N3O3. The number of esters is 1. The van der Waals surface area contributed by atoms with Gasteiger partial charge in [0, 0.05) is 37.6 Å². The molecule has 1 aliphatic heterocycles. The number of nitrogens with one attached hydrogen (secondary N) is 1. The lowest BCUT2D eigenvalue weighted by molar-refractivity contribution is 0.0398. The number of hydrogen-bond acceptors (Lipinski definition) is 6. The fourth-order valence-corrected chi connectivity index (χ4v) is 2.14. The third-order valence-electron chi connectivity index (χ3n) is 3.32. The van der Waals surface area contributed by atoms with Crippen LogP contribution in [0.5, 0.6) is 0 Å². The Morgan fingerprint density at radius 3 is 2.90 bits per heavy atom. The van der Waals surface area contributed by atoms with Crippen LogP contribution in [0.25, 0.3) is 0 Å². The number of morpholine rings is 1. The quantitative estimate of drug-likeness (QED) is 0.613. The van der Waals surface area contributed by atoms with E-state index >= 15 is 0 Å². The zero-order valence-electron chi connectivity index (χ0n) is 11.7. The number of hydrogen-bond donors (Lipinski definition) is 2. The number of ether oxygens (including phenoxy) is 2. The summed E-state index contributed by atoms with van der Waals surface area (Å²) in [6.45, 7) is 5.29. The van der Waals surface area contributed by atoms with Gasteiger partial charge in [-0.3, -0.25) is 4.90 Å². The summed E-state index contributed by atoms with van der Waals surface area (Å²) < 4.78 is 10.0. The molecule has 110 valence electrons. The number of methoxy groups -OCH3 is 1. The van der Waals surface area contributed by atoms with Crippen molar-refractivity contribution in [1.29, 1.82) is 0 Å². The van der Waals surface area contributed by atoms with E-state index in [-0.39, 0.29) is 0 Å². The number of carbonyl (C=O) groups excluding carboxylic acids is 1. The van der Waals surface area contributed by atoms with Crippen LogP contribution in [0, 0.1) is 0 Å². The van der Waals surface area contributed by atoms with E-state index in [0.717, 1.165) is 45.1 Å². The molecule has 0 atom stereocenters. The molecule has 0 unspecified atom stereocenters. The minimum absolute atomic E-state index is 0.392. The molecule has 20 heavy (non-hydrogen) atoms. The topological polar surface area (TPSA) is 76.8 Å². The Morgan fingerprint density at radius 1 is 1.45 bits per heavy atom. The number of nitrogens with zero attached hydrogens (tertiary/aromatic N) is 1. The Labute approximate surface area is 118 Å². The van der Waals surface area contributed by atoms with Crippen molar-refractivity contribution in [2.45, 2.75) is 0 Å². The van der Waals surface area contributed by atoms with Crippen LogP contribution in [-0.2, 0) is 9.47 Å². The first-order valence-electron chi connectivity index (χ1n) is 6.72. The van der Waals surface area contributed by atoms with Crippen molar-refractivity contribution in [3.8, 4) is 0 Å². The predicted octanol–water partition coefficient (Wildman–Crippen LogP) is 0.799. The average Bonchev–Trinajstić information content (AvgIpc) is 2.49. The van der Waals surface area contributed by atoms with Gasteiger partial charge >= 0.3 is 5.97 Å². The van der Waals surface area contributed by atoms with Gasteiger partial charge < -0.3 is 20.5 Å². The monoisotopic (exact) mass is 279 g/mol. The number of anilines is 2. The molecule has 6 nitrogen and oxygen atoms in total. The Hall–Kier alpha value is -1.79. The van der Waals surface area contributed by atoms with Gasteiger partial charge in [-0.25, -0.2) is 4.79 Å². The van der Waals surface area contributed by atoms with Gasteiger partial charge in [0.1, 0.15) is 0 Å². The van der Waals surface area contributed by atoms with E-state index in [1.807, 2.05) is 6.07 Å². The van der Waals surface area contributed by atoms with Gasteiger partial charge in [-0.1, -0.05) is 0 Å². The number of nitrogens with two attached hydrogens (primary N) is 1. The van der Waals surface area contributed by atoms with Gasteiger partial charge in [-0.05, 0) is 18.2 Å². The average molecular weight is 279 g/mol. The molecule has 0 aliphatic carbocycles. The van der Waals surface area contributed by atoms with Gasteiger partial charge in [0.05, 0.1) is 25.9 Å². The number of nitrogen functional groups attached to an aromatic ring is 1. The second-order valence-corrected chi connectivity index (χ2v) is 4.67. The molecule has 0 saturated carbocycles. The van der Waals surface area contributed by atoms with Crippen molar-refractivity contribution in [2.24, 2.45) is 0 Å². The molecule has 2 rings (SSSR count). The van der Waals surface area contributed by atoms with Crippen molar-refractivity contribution in [3.05, 3.63) is 23.8 Å². The van der Waals surface area contributed by atoms with Crippen molar-refractivity contribution in [2.75, 3.05) is 57.6 Å². The molecule has 0 radical (unpaired) electrons. The maximum Gasteiger partial charge on any atom is 0.340 e. The number of rotatable bonds is 5. The molecule has 3 N–H and O–H groups in total. The van der Waals surface area contributed by atoms with Gasteiger partial charge in [0.15, 0.2) is 0 Å². The van der Waals surface area contributed by atoms with E-state index in [1.54, 1.807) is 12.1 Å². The predicted molar refractivity (Wildman–Crippen MR) is 77.9 cm³/mol. The molecule has 1 heterocycles. The van der Waals surface area contributed by atoms with E-state index in [2.05, 4.69) is 10.2 Å². The van der Waals surface area contributed by atoms with Crippen molar-refractivity contribution in [3.63, 3.8) is 0 Å². The molecule has 0 aromatic heterocycles. The maximum atomic E-state index is 11.6. The Balaban J connectivity index is 1.87. The third kappa shape index (κ3) is 3.85. The van der Waals surface area contributed by atoms with Gasteiger partial charge in [0.2, 0.25) is 0 Å². The minimum atomic E-state index is -0.417. The van der Waals surface area contributed by atoms with Gasteiger partial charge in [0.25, 0.3) is 0 Å². The Bertz CT molecular complexity index is 459. The second kappa shape index (κ2) is 7.12. The third-order valence-corrected chi connectivity index (χ3v) is 3.32. The fraction of sp³-hybridized carbons (Fsp3) is 0.500. The van der Waals surface area contributed by atoms with Crippen molar-refractivity contribution in [1.82, 2.24) is 4.90 Å². The molecular weight excluding hydrogens is 258 g/mol. The molecule has 1 saturated heterocycles. The Kier molecular flexibility index (Phi) is 5.20. The van der Waals surface area contributed by atoms with Crippen LogP contribution in [0.4, 0.5) is 11.4 Å². The lowest BCUT2D eigenvalue weighted by atomic mass is 10.1.